The van der Waals surface area contributed by atoms with Gasteiger partial charge in [-0.25, -0.2) is 4.79 Å². The van der Waals surface area contributed by atoms with Gasteiger partial charge in [0.2, 0.25) is 0 Å². The summed E-state index contributed by atoms with van der Waals surface area (Å²) in [6, 6.07) is 0. The Morgan fingerprint density at radius 2 is 1.78 bits per heavy atom. The van der Waals surface area contributed by atoms with Gasteiger partial charge >= 0.3 is 13.2 Å². The van der Waals surface area contributed by atoms with Gasteiger partial charge in [0.25, 0.3) is 0 Å². The van der Waals surface area contributed by atoms with E-state index in [9.17, 15) is 4.79 Å². The first kappa shape index (κ1) is 18.0. The maximum absolute atomic E-state index is 12.2. The molecule has 23 heavy (non-hydrogen) atoms. The van der Waals surface area contributed by atoms with Gasteiger partial charge in [0.1, 0.15) is 0 Å². The number of aromatic nitrogens is 2. The van der Waals surface area contributed by atoms with E-state index in [4.69, 9.17) is 14.0 Å². The van der Waals surface area contributed by atoms with Gasteiger partial charge in [-0.2, -0.15) is 9.78 Å². The summed E-state index contributed by atoms with van der Waals surface area (Å²) < 4.78 is 18.7. The van der Waals surface area contributed by atoms with Crippen molar-refractivity contribution < 1.29 is 18.8 Å². The van der Waals surface area contributed by atoms with Crippen LogP contribution in [0.15, 0.2) is 0 Å². The second kappa shape index (κ2) is 6.28. The lowest BCUT2D eigenvalue weighted by Crippen LogP contribution is -2.41. The third-order valence-electron chi connectivity index (χ3n) is 4.73. The molecule has 0 unspecified atom stereocenters. The second-order valence-corrected chi connectivity index (χ2v) is 7.05. The first-order valence-corrected chi connectivity index (χ1v) is 8.19. The van der Waals surface area contributed by atoms with Gasteiger partial charge in [0.05, 0.1) is 23.5 Å². The first-order valence-electron chi connectivity index (χ1n) is 8.19. The molecule has 6 nitrogen and oxygen atoms in total. The number of rotatable bonds is 4. The summed E-state index contributed by atoms with van der Waals surface area (Å²) in [5.74, 6) is 0. The molecule has 0 N–H and O–H groups in total. The Morgan fingerprint density at radius 1 is 1.22 bits per heavy atom. The fraction of sp³-hybridized carbons (Fsp3) is 0.750. The summed E-state index contributed by atoms with van der Waals surface area (Å²) in [5, 5.41) is 4.31. The molecule has 1 aliphatic heterocycles. The van der Waals surface area contributed by atoms with Crippen LogP contribution in [0.2, 0.25) is 0 Å². The third-order valence-corrected chi connectivity index (χ3v) is 4.73. The van der Waals surface area contributed by atoms with Crippen molar-refractivity contribution in [3.8, 4) is 0 Å². The van der Waals surface area contributed by atoms with Crippen LogP contribution >= 0.6 is 0 Å². The first-order chi connectivity index (χ1) is 10.6. The van der Waals surface area contributed by atoms with Gasteiger partial charge in [0, 0.05) is 11.2 Å². The van der Waals surface area contributed by atoms with Gasteiger partial charge in [-0.3, -0.25) is 0 Å². The Balaban J connectivity index is 2.24. The summed E-state index contributed by atoms with van der Waals surface area (Å²) in [6.45, 7) is 14.1. The van der Waals surface area contributed by atoms with Crippen molar-refractivity contribution in [3.05, 3.63) is 11.4 Å². The Labute approximate surface area is 138 Å². The van der Waals surface area contributed by atoms with Crippen molar-refractivity contribution in [1.29, 1.82) is 0 Å². The lowest BCUT2D eigenvalue weighted by molar-refractivity contribution is 0.00578. The lowest BCUT2D eigenvalue weighted by Gasteiger charge is -2.32. The largest absolute Gasteiger partial charge is 0.498 e. The van der Waals surface area contributed by atoms with E-state index in [1.165, 1.54) is 4.68 Å². The average molecular weight is 322 g/mol. The number of carbonyl (C=O) groups is 1. The van der Waals surface area contributed by atoms with E-state index in [2.05, 4.69) is 5.10 Å². The zero-order chi connectivity index (χ0) is 17.4. The molecule has 0 spiro atoms. The minimum absolute atomic E-state index is 0.402. The van der Waals surface area contributed by atoms with Crippen LogP contribution in [-0.2, 0) is 14.0 Å². The SMILES string of the molecule is CCCCOC(=O)n1nc(C)c(B2OC(C)(C)C(C)(C)O2)c1C. The highest BCUT2D eigenvalue weighted by Gasteiger charge is 2.53. The number of aryl methyl sites for hydroxylation is 1. The quantitative estimate of drug-likeness (QED) is 0.630. The van der Waals surface area contributed by atoms with E-state index in [1.807, 2.05) is 48.5 Å². The van der Waals surface area contributed by atoms with Gasteiger partial charge in [0.15, 0.2) is 0 Å². The van der Waals surface area contributed by atoms with Crippen molar-refractivity contribution in [3.63, 3.8) is 0 Å². The Hall–Kier alpha value is -1.34. The van der Waals surface area contributed by atoms with Crippen LogP contribution in [0.1, 0.15) is 58.8 Å². The molecule has 2 heterocycles. The van der Waals surface area contributed by atoms with Crippen molar-refractivity contribution in [2.24, 2.45) is 0 Å². The number of nitrogens with zero attached hydrogens (tertiary/aromatic N) is 2. The Bertz CT molecular complexity index is 579. The standard InChI is InChI=1S/C16H27BN2O4/c1-8-9-10-21-14(20)19-12(3)13(11(2)18-19)17-22-15(4,5)16(6,7)23-17/h8-10H2,1-7H3. The minimum Gasteiger partial charge on any atom is -0.448 e. The van der Waals surface area contributed by atoms with E-state index in [0.29, 0.717) is 18.0 Å². The number of carbonyl (C=O) groups excluding carboxylic acids is 1. The zero-order valence-corrected chi connectivity index (χ0v) is 15.2. The highest BCUT2D eigenvalue weighted by Crippen LogP contribution is 2.36. The molecule has 0 radical (unpaired) electrons. The van der Waals surface area contributed by atoms with Gasteiger partial charge in [-0.05, 0) is 48.0 Å². The molecule has 0 amide bonds. The number of unbranched alkanes of at least 4 members (excludes halogenated alkanes) is 1. The van der Waals surface area contributed by atoms with Crippen LogP contribution in [0.5, 0.6) is 0 Å². The summed E-state index contributed by atoms with van der Waals surface area (Å²) >= 11 is 0. The van der Waals surface area contributed by atoms with Crippen LogP contribution in [-0.4, -0.2) is 40.8 Å². The van der Waals surface area contributed by atoms with Gasteiger partial charge in [-0.1, -0.05) is 13.3 Å². The second-order valence-electron chi connectivity index (χ2n) is 7.05. The highest BCUT2D eigenvalue weighted by molar-refractivity contribution is 6.63. The number of hydrogen-bond acceptors (Lipinski definition) is 5. The zero-order valence-electron chi connectivity index (χ0n) is 15.2. The molecule has 0 saturated carbocycles. The molecule has 0 aliphatic carbocycles. The molecule has 1 aromatic rings. The summed E-state index contributed by atoms with van der Waals surface area (Å²) in [4.78, 5) is 12.2. The molecule has 0 atom stereocenters. The van der Waals surface area contributed by atoms with Crippen LogP contribution in [0.3, 0.4) is 0 Å². The molecule has 1 saturated heterocycles. The fourth-order valence-corrected chi connectivity index (χ4v) is 2.50. The predicted octanol–water partition coefficient (Wildman–Crippen LogP) is 2.58. The smallest absolute Gasteiger partial charge is 0.448 e. The predicted molar refractivity (Wildman–Crippen MR) is 89.1 cm³/mol. The molecule has 128 valence electrons. The summed E-state index contributed by atoms with van der Waals surface area (Å²) in [7, 11) is -0.530. The van der Waals surface area contributed by atoms with Gasteiger partial charge < -0.3 is 14.0 Å². The summed E-state index contributed by atoms with van der Waals surface area (Å²) in [6.07, 6.45) is 1.36. The van der Waals surface area contributed by atoms with Crippen LogP contribution in [0.4, 0.5) is 4.79 Å². The van der Waals surface area contributed by atoms with Crippen molar-refractivity contribution in [2.45, 2.75) is 72.5 Å². The highest BCUT2D eigenvalue weighted by atomic mass is 16.7. The maximum Gasteiger partial charge on any atom is 0.498 e. The van der Waals surface area contributed by atoms with Gasteiger partial charge in [-0.15, -0.1) is 0 Å². The molecule has 7 heteroatoms. The molecule has 1 aromatic heterocycles. The Kier molecular flexibility index (Phi) is 4.92. The topological polar surface area (TPSA) is 62.6 Å². The molecular weight excluding hydrogens is 295 g/mol. The van der Waals surface area contributed by atoms with E-state index in [0.717, 1.165) is 18.3 Å². The van der Waals surface area contributed by atoms with E-state index < -0.39 is 24.4 Å². The van der Waals surface area contributed by atoms with Crippen molar-refractivity contribution in [1.82, 2.24) is 9.78 Å². The summed E-state index contributed by atoms with van der Waals surface area (Å²) in [5.41, 5.74) is 1.35. The fourth-order valence-electron chi connectivity index (χ4n) is 2.50. The maximum atomic E-state index is 12.2. The van der Waals surface area contributed by atoms with Crippen molar-refractivity contribution in [2.75, 3.05) is 6.61 Å². The monoisotopic (exact) mass is 322 g/mol. The number of ether oxygens (including phenoxy) is 1. The van der Waals surface area contributed by atoms with Crippen LogP contribution < -0.4 is 5.46 Å². The lowest BCUT2D eigenvalue weighted by atomic mass is 9.77. The molecular formula is C16H27BN2O4. The van der Waals surface area contributed by atoms with Crippen LogP contribution in [0, 0.1) is 13.8 Å². The average Bonchev–Trinajstić information content (AvgIpc) is 2.83. The Morgan fingerprint density at radius 3 is 2.30 bits per heavy atom. The van der Waals surface area contributed by atoms with Crippen LogP contribution in [0.25, 0.3) is 0 Å². The third kappa shape index (κ3) is 3.31. The molecule has 0 aromatic carbocycles. The molecule has 2 rings (SSSR count). The number of hydrogen-bond donors (Lipinski definition) is 0. The van der Waals surface area contributed by atoms with E-state index in [1.54, 1.807) is 0 Å². The van der Waals surface area contributed by atoms with E-state index in [-0.39, 0.29) is 0 Å². The van der Waals surface area contributed by atoms with E-state index >= 15 is 0 Å². The molecule has 1 fully saturated rings. The normalized spacial score (nSPS) is 19.2. The van der Waals surface area contributed by atoms with Crippen molar-refractivity contribution >= 4 is 18.7 Å². The minimum atomic E-state index is -0.530. The molecule has 0 bridgehead atoms. The molecule has 1 aliphatic rings.